The second-order valence-corrected chi connectivity index (χ2v) is 8.72. The molecule has 8 heteroatoms. The number of aromatic nitrogens is 5. The zero-order valence-electron chi connectivity index (χ0n) is 15.8. The van der Waals surface area contributed by atoms with Crippen LogP contribution in [0.25, 0.3) is 4.96 Å². The minimum absolute atomic E-state index is 0.102. The third kappa shape index (κ3) is 2.91. The van der Waals surface area contributed by atoms with Crippen molar-refractivity contribution < 1.29 is 0 Å². The smallest absolute Gasteiger partial charge is 0.275 e. The van der Waals surface area contributed by atoms with E-state index in [1.807, 2.05) is 6.92 Å². The van der Waals surface area contributed by atoms with Gasteiger partial charge in [-0.1, -0.05) is 11.3 Å². The average Bonchev–Trinajstić information content (AvgIpc) is 3.33. The zero-order chi connectivity index (χ0) is 18.5. The monoisotopic (exact) mass is 384 g/mol. The Morgan fingerprint density at radius 3 is 2.93 bits per heavy atom. The molecule has 1 saturated heterocycles. The summed E-state index contributed by atoms with van der Waals surface area (Å²) in [7, 11) is 2.17. The first-order valence-corrected chi connectivity index (χ1v) is 10.6. The fourth-order valence-corrected chi connectivity index (χ4v) is 5.48. The number of aryl methyl sites for hydroxylation is 2. The molecule has 1 atom stereocenters. The molecule has 142 valence electrons. The van der Waals surface area contributed by atoms with Gasteiger partial charge in [0.25, 0.3) is 5.56 Å². The Morgan fingerprint density at radius 2 is 2.07 bits per heavy atom. The largest absolute Gasteiger partial charge is 0.334 e. The summed E-state index contributed by atoms with van der Waals surface area (Å²) in [4.78, 5) is 24.8. The lowest BCUT2D eigenvalue weighted by atomic mass is 10.0. The van der Waals surface area contributed by atoms with Gasteiger partial charge in [-0.05, 0) is 52.0 Å². The van der Waals surface area contributed by atoms with E-state index in [0.717, 1.165) is 43.1 Å². The molecule has 1 aliphatic heterocycles. The van der Waals surface area contributed by atoms with Crippen LogP contribution in [0.4, 0.5) is 0 Å². The highest BCUT2D eigenvalue weighted by atomic mass is 32.1. The van der Waals surface area contributed by atoms with Gasteiger partial charge in [0.2, 0.25) is 4.96 Å². The molecule has 5 rings (SSSR count). The van der Waals surface area contributed by atoms with Crippen molar-refractivity contribution in [3.8, 4) is 0 Å². The van der Waals surface area contributed by atoms with Crippen LogP contribution in [-0.2, 0) is 26.4 Å². The Labute approximate surface area is 161 Å². The van der Waals surface area contributed by atoms with Crippen LogP contribution in [0.3, 0.4) is 0 Å². The van der Waals surface area contributed by atoms with Crippen molar-refractivity contribution in [3.63, 3.8) is 0 Å². The predicted octanol–water partition coefficient (Wildman–Crippen LogP) is 2.41. The van der Waals surface area contributed by atoms with Gasteiger partial charge in [-0.15, -0.1) is 0 Å². The first kappa shape index (κ1) is 17.1. The molecule has 0 N–H and O–H groups in total. The summed E-state index contributed by atoms with van der Waals surface area (Å²) in [6.07, 6.45) is 7.09. The fourth-order valence-electron chi connectivity index (χ4n) is 4.51. The molecule has 27 heavy (non-hydrogen) atoms. The molecule has 0 radical (unpaired) electrons. The van der Waals surface area contributed by atoms with Crippen LogP contribution in [0.5, 0.6) is 0 Å². The van der Waals surface area contributed by atoms with Crippen LogP contribution >= 0.6 is 11.3 Å². The molecule has 1 aliphatic carbocycles. The summed E-state index contributed by atoms with van der Waals surface area (Å²) >= 11 is 1.51. The van der Waals surface area contributed by atoms with Gasteiger partial charge >= 0.3 is 0 Å². The van der Waals surface area contributed by atoms with Crippen LogP contribution in [0.15, 0.2) is 10.9 Å². The molecule has 7 nitrogen and oxygen atoms in total. The van der Waals surface area contributed by atoms with Crippen LogP contribution in [0.2, 0.25) is 0 Å². The first-order valence-electron chi connectivity index (χ1n) is 9.75. The van der Waals surface area contributed by atoms with Gasteiger partial charge in [0.1, 0.15) is 10.8 Å². The van der Waals surface area contributed by atoms with Gasteiger partial charge in [0.15, 0.2) is 0 Å². The van der Waals surface area contributed by atoms with Crippen LogP contribution in [-0.4, -0.2) is 35.6 Å². The highest BCUT2D eigenvalue weighted by molar-refractivity contribution is 7.16. The lowest BCUT2D eigenvalue weighted by molar-refractivity contribution is 0.235. The van der Waals surface area contributed by atoms with E-state index in [0.29, 0.717) is 11.0 Å². The number of hydrogen-bond acceptors (Lipinski definition) is 6. The van der Waals surface area contributed by atoms with Gasteiger partial charge in [-0.3, -0.25) is 9.69 Å². The van der Waals surface area contributed by atoms with Crippen molar-refractivity contribution in [2.24, 2.45) is 7.05 Å². The minimum Gasteiger partial charge on any atom is -0.334 e. The molecule has 4 heterocycles. The highest BCUT2D eigenvalue weighted by Gasteiger charge is 2.32. The van der Waals surface area contributed by atoms with Crippen molar-refractivity contribution in [1.29, 1.82) is 0 Å². The molecule has 3 aromatic heterocycles. The van der Waals surface area contributed by atoms with Crippen molar-refractivity contribution in [3.05, 3.63) is 44.3 Å². The summed E-state index contributed by atoms with van der Waals surface area (Å²) in [5.41, 5.74) is 3.37. The molecule has 0 spiro atoms. The molecule has 0 bridgehead atoms. The quantitative estimate of drug-likeness (QED) is 0.694. The maximum Gasteiger partial charge on any atom is 0.275 e. The molecule has 0 saturated carbocycles. The minimum atomic E-state index is -0.102. The van der Waals surface area contributed by atoms with E-state index < -0.39 is 0 Å². The molecule has 0 unspecified atom stereocenters. The molecule has 1 fully saturated rings. The van der Waals surface area contributed by atoms with Gasteiger partial charge < -0.3 is 4.57 Å². The van der Waals surface area contributed by atoms with Crippen LogP contribution in [0.1, 0.15) is 59.6 Å². The van der Waals surface area contributed by atoms with Gasteiger partial charge in [-0.25, -0.2) is 9.97 Å². The lowest BCUT2D eigenvalue weighted by Gasteiger charge is -2.23. The van der Waals surface area contributed by atoms with E-state index in [1.165, 1.54) is 58.4 Å². The van der Waals surface area contributed by atoms with Gasteiger partial charge in [0, 0.05) is 24.5 Å². The summed E-state index contributed by atoms with van der Waals surface area (Å²) in [6.45, 7) is 3.63. The molecular formula is C19H24N6OS. The Hall–Kier alpha value is -2.06. The third-order valence-corrected chi connectivity index (χ3v) is 6.72. The molecule has 2 aliphatic rings. The number of hydrogen-bond donors (Lipinski definition) is 0. The number of fused-ring (bicyclic) bond motifs is 2. The Kier molecular flexibility index (Phi) is 4.12. The Balaban J connectivity index is 1.45. The van der Waals surface area contributed by atoms with E-state index in [2.05, 4.69) is 26.6 Å². The maximum absolute atomic E-state index is 12.1. The zero-order valence-corrected chi connectivity index (χ0v) is 16.6. The summed E-state index contributed by atoms with van der Waals surface area (Å²) in [5.74, 6) is 1.20. The first-order chi connectivity index (χ1) is 13.1. The van der Waals surface area contributed by atoms with E-state index >= 15 is 0 Å². The molecule has 0 amide bonds. The molecular weight excluding hydrogens is 360 g/mol. The number of likely N-dealkylation sites (tertiary alicyclic amines) is 1. The average molecular weight is 385 g/mol. The fraction of sp³-hybridized carbons (Fsp3) is 0.579. The van der Waals surface area contributed by atoms with Gasteiger partial charge in [-0.2, -0.15) is 9.61 Å². The second-order valence-electron chi connectivity index (χ2n) is 7.68. The molecule has 3 aromatic rings. The topological polar surface area (TPSA) is 68.3 Å². The second kappa shape index (κ2) is 6.53. The van der Waals surface area contributed by atoms with Crippen molar-refractivity contribution in [2.45, 2.75) is 58.0 Å². The highest BCUT2D eigenvalue weighted by Crippen LogP contribution is 2.35. The maximum atomic E-state index is 12.1. The third-order valence-electron chi connectivity index (χ3n) is 5.82. The lowest BCUT2D eigenvalue weighted by Crippen LogP contribution is -2.25. The Morgan fingerprint density at radius 1 is 1.22 bits per heavy atom. The van der Waals surface area contributed by atoms with Crippen molar-refractivity contribution >= 4 is 16.3 Å². The van der Waals surface area contributed by atoms with E-state index in [-0.39, 0.29) is 5.56 Å². The van der Waals surface area contributed by atoms with Crippen LogP contribution < -0.4 is 5.56 Å². The normalized spacial score (nSPS) is 20.4. The summed E-state index contributed by atoms with van der Waals surface area (Å²) in [6, 6.07) is 1.87. The predicted molar refractivity (Wildman–Crippen MR) is 104 cm³/mol. The summed E-state index contributed by atoms with van der Waals surface area (Å²) < 4.78 is 3.77. The van der Waals surface area contributed by atoms with Crippen molar-refractivity contribution in [1.82, 2.24) is 29.0 Å². The standard InChI is InChI=1S/C19H24N6OS/c1-12-10-17(26)25-19(20-12)27-16(22-25)11-24-9-5-8-15(24)18-21-13-6-3-4-7-14(13)23(18)2/h10,15H,3-9,11H2,1-2H3/t15-/m1/s1. The van der Waals surface area contributed by atoms with E-state index in [1.54, 1.807) is 0 Å². The SMILES string of the molecule is Cc1cc(=O)n2nc(CN3CCC[C@@H]3c3nc4c(n3C)CCCC4)sc2n1. The van der Waals surface area contributed by atoms with Crippen molar-refractivity contribution in [2.75, 3.05) is 6.54 Å². The summed E-state index contributed by atoms with van der Waals surface area (Å²) in [5, 5.41) is 5.46. The van der Waals surface area contributed by atoms with E-state index in [4.69, 9.17) is 4.98 Å². The van der Waals surface area contributed by atoms with E-state index in [9.17, 15) is 4.79 Å². The molecule has 0 aromatic carbocycles. The number of imidazole rings is 1. The number of rotatable bonds is 3. The van der Waals surface area contributed by atoms with Gasteiger partial charge in [0.05, 0.1) is 18.3 Å². The Bertz CT molecular complexity index is 1060. The number of nitrogens with zero attached hydrogens (tertiary/aromatic N) is 6. The van der Waals surface area contributed by atoms with Crippen LogP contribution in [0, 0.1) is 6.92 Å².